The van der Waals surface area contributed by atoms with Crippen molar-refractivity contribution in [3.05, 3.63) is 0 Å². The summed E-state index contributed by atoms with van der Waals surface area (Å²) in [6.45, 7) is 5.42. The van der Waals surface area contributed by atoms with E-state index in [0.29, 0.717) is 12.8 Å². The predicted molar refractivity (Wildman–Crippen MR) is 66.9 cm³/mol. The van der Waals surface area contributed by atoms with Gasteiger partial charge >= 0.3 is 11.9 Å². The third-order valence-electron chi connectivity index (χ3n) is 2.16. The maximum Gasteiger partial charge on any atom is 0.342 e. The first-order chi connectivity index (χ1) is 8.31. The summed E-state index contributed by atoms with van der Waals surface area (Å²) >= 11 is 0. The third-order valence-corrected chi connectivity index (χ3v) is 2.16. The summed E-state index contributed by atoms with van der Waals surface area (Å²) in [5.41, 5.74) is -0.480. The van der Waals surface area contributed by atoms with E-state index in [9.17, 15) is 9.59 Å². The van der Waals surface area contributed by atoms with Gasteiger partial charge in [0.1, 0.15) is 5.60 Å². The second-order valence-corrected chi connectivity index (χ2v) is 5.31. The van der Waals surface area contributed by atoms with Crippen LogP contribution in [-0.4, -0.2) is 22.6 Å². The zero-order valence-electron chi connectivity index (χ0n) is 11.5. The smallest absolute Gasteiger partial charge is 0.342 e. The van der Waals surface area contributed by atoms with E-state index in [-0.39, 0.29) is 12.4 Å². The number of rotatable bonds is 9. The molecule has 5 heteroatoms. The molecule has 0 rings (SSSR count). The van der Waals surface area contributed by atoms with Crippen LogP contribution in [0.3, 0.4) is 0 Å². The van der Waals surface area contributed by atoms with Crippen LogP contribution in [0.15, 0.2) is 0 Å². The zero-order valence-corrected chi connectivity index (χ0v) is 11.5. The molecule has 0 heterocycles. The van der Waals surface area contributed by atoms with Crippen LogP contribution >= 0.6 is 0 Å². The van der Waals surface area contributed by atoms with Crippen molar-refractivity contribution in [2.45, 2.75) is 71.3 Å². The molecule has 0 amide bonds. The molecular formula is C13H24O5. The highest BCUT2D eigenvalue weighted by Crippen LogP contribution is 2.10. The maximum absolute atomic E-state index is 11.2. The number of carboxylic acids is 1. The molecular weight excluding hydrogens is 236 g/mol. The van der Waals surface area contributed by atoms with Crippen LogP contribution in [0.1, 0.15) is 65.7 Å². The van der Waals surface area contributed by atoms with Gasteiger partial charge in [-0.3, -0.25) is 9.68 Å². The Morgan fingerprint density at radius 1 is 0.944 bits per heavy atom. The van der Waals surface area contributed by atoms with Crippen molar-refractivity contribution in [2.24, 2.45) is 0 Å². The summed E-state index contributed by atoms with van der Waals surface area (Å²) in [5, 5.41) is 8.44. The number of aliphatic carboxylic acids is 1. The lowest BCUT2D eigenvalue weighted by Crippen LogP contribution is -2.21. The lowest BCUT2D eigenvalue weighted by molar-refractivity contribution is -0.320. The fraction of sp³-hybridized carbons (Fsp3) is 0.846. The van der Waals surface area contributed by atoms with E-state index in [0.717, 1.165) is 25.7 Å². The summed E-state index contributed by atoms with van der Waals surface area (Å²) in [6.07, 6.45) is 4.76. The van der Waals surface area contributed by atoms with Gasteiger partial charge in [-0.25, -0.2) is 4.79 Å². The third kappa shape index (κ3) is 13.0. The average Bonchev–Trinajstić information content (AvgIpc) is 2.23. The Morgan fingerprint density at radius 3 is 1.94 bits per heavy atom. The lowest BCUT2D eigenvalue weighted by atomic mass is 10.1. The van der Waals surface area contributed by atoms with Crippen molar-refractivity contribution in [3.63, 3.8) is 0 Å². The highest BCUT2D eigenvalue weighted by Gasteiger charge is 2.14. The molecule has 0 aliphatic heterocycles. The van der Waals surface area contributed by atoms with Crippen molar-refractivity contribution >= 4 is 11.9 Å². The largest absolute Gasteiger partial charge is 0.481 e. The molecule has 0 aliphatic rings. The molecule has 0 saturated heterocycles. The number of carboxylic acid groups (broad SMARTS) is 1. The molecule has 0 unspecified atom stereocenters. The van der Waals surface area contributed by atoms with Gasteiger partial charge in [0.2, 0.25) is 0 Å². The van der Waals surface area contributed by atoms with E-state index in [1.54, 1.807) is 0 Å². The summed E-state index contributed by atoms with van der Waals surface area (Å²) < 4.78 is 0. The second-order valence-electron chi connectivity index (χ2n) is 5.31. The Labute approximate surface area is 108 Å². The summed E-state index contributed by atoms with van der Waals surface area (Å²) in [6, 6.07) is 0. The topological polar surface area (TPSA) is 72.8 Å². The minimum atomic E-state index is -0.752. The van der Waals surface area contributed by atoms with Crippen molar-refractivity contribution in [1.29, 1.82) is 0 Å². The average molecular weight is 260 g/mol. The van der Waals surface area contributed by atoms with Gasteiger partial charge in [-0.15, -0.1) is 0 Å². The first-order valence-electron chi connectivity index (χ1n) is 6.41. The van der Waals surface area contributed by atoms with Crippen molar-refractivity contribution in [2.75, 3.05) is 0 Å². The fourth-order valence-electron chi connectivity index (χ4n) is 1.29. The Hall–Kier alpha value is -1.10. The zero-order chi connectivity index (χ0) is 14.0. The fourth-order valence-corrected chi connectivity index (χ4v) is 1.29. The summed E-state index contributed by atoms with van der Waals surface area (Å²) in [7, 11) is 0. The van der Waals surface area contributed by atoms with Gasteiger partial charge in [-0.2, -0.15) is 4.89 Å². The van der Waals surface area contributed by atoms with E-state index in [2.05, 4.69) is 4.89 Å². The van der Waals surface area contributed by atoms with Gasteiger partial charge in [0.25, 0.3) is 0 Å². The Balaban J connectivity index is 3.33. The molecule has 18 heavy (non-hydrogen) atoms. The molecule has 0 spiro atoms. The number of hydrogen-bond donors (Lipinski definition) is 1. The van der Waals surface area contributed by atoms with Gasteiger partial charge in [0.15, 0.2) is 0 Å². The minimum Gasteiger partial charge on any atom is -0.481 e. The van der Waals surface area contributed by atoms with E-state index >= 15 is 0 Å². The SMILES string of the molecule is CC(C)(C)OOC(=O)CCCCCCCC(=O)O. The summed E-state index contributed by atoms with van der Waals surface area (Å²) in [4.78, 5) is 31.0. The Kier molecular flexibility index (Phi) is 8.37. The second kappa shape index (κ2) is 8.91. The Morgan fingerprint density at radius 2 is 1.44 bits per heavy atom. The van der Waals surface area contributed by atoms with Gasteiger partial charge in [0.05, 0.1) is 0 Å². The normalized spacial score (nSPS) is 11.3. The van der Waals surface area contributed by atoms with Crippen LogP contribution in [-0.2, 0) is 19.4 Å². The number of carbonyl (C=O) groups excluding carboxylic acids is 1. The standard InChI is InChI=1S/C13H24O5/c1-13(2,3)18-17-12(16)10-8-6-4-5-7-9-11(14)15/h4-10H2,1-3H3,(H,14,15). The molecule has 0 saturated carbocycles. The molecule has 0 radical (unpaired) electrons. The van der Waals surface area contributed by atoms with E-state index < -0.39 is 11.6 Å². The number of unbranched alkanes of at least 4 members (excludes halogenated alkanes) is 4. The van der Waals surface area contributed by atoms with Gasteiger partial charge < -0.3 is 5.11 Å². The van der Waals surface area contributed by atoms with Crippen LogP contribution in [0.25, 0.3) is 0 Å². The van der Waals surface area contributed by atoms with E-state index in [1.165, 1.54) is 0 Å². The monoisotopic (exact) mass is 260 g/mol. The van der Waals surface area contributed by atoms with Crippen molar-refractivity contribution in [1.82, 2.24) is 0 Å². The quantitative estimate of drug-likeness (QED) is 0.392. The highest BCUT2D eigenvalue weighted by atomic mass is 17.2. The molecule has 0 aliphatic carbocycles. The first kappa shape index (κ1) is 16.9. The molecule has 0 atom stereocenters. The Bertz CT molecular complexity index is 255. The first-order valence-corrected chi connectivity index (χ1v) is 6.41. The van der Waals surface area contributed by atoms with E-state index in [4.69, 9.17) is 9.99 Å². The van der Waals surface area contributed by atoms with Gasteiger partial charge in [-0.1, -0.05) is 19.3 Å². The summed E-state index contributed by atoms with van der Waals surface area (Å²) in [5.74, 6) is -1.10. The molecule has 0 bridgehead atoms. The molecule has 5 nitrogen and oxygen atoms in total. The van der Waals surface area contributed by atoms with Crippen LogP contribution in [0.5, 0.6) is 0 Å². The number of carbonyl (C=O) groups is 2. The van der Waals surface area contributed by atoms with Gasteiger partial charge in [0, 0.05) is 12.8 Å². The number of hydrogen-bond acceptors (Lipinski definition) is 4. The highest BCUT2D eigenvalue weighted by molar-refractivity contribution is 5.68. The van der Waals surface area contributed by atoms with Crippen LogP contribution in [0, 0.1) is 0 Å². The van der Waals surface area contributed by atoms with Crippen LogP contribution in [0.2, 0.25) is 0 Å². The molecule has 0 fully saturated rings. The lowest BCUT2D eigenvalue weighted by Gasteiger charge is -2.16. The van der Waals surface area contributed by atoms with Crippen molar-refractivity contribution in [3.8, 4) is 0 Å². The molecule has 0 aromatic heterocycles. The molecule has 0 aromatic carbocycles. The van der Waals surface area contributed by atoms with Gasteiger partial charge in [-0.05, 0) is 33.6 Å². The molecule has 106 valence electrons. The predicted octanol–water partition coefficient (Wildman–Crippen LogP) is 3.08. The van der Waals surface area contributed by atoms with Crippen molar-refractivity contribution < 1.29 is 24.5 Å². The van der Waals surface area contributed by atoms with E-state index in [1.807, 2.05) is 20.8 Å². The molecule has 1 N–H and O–H groups in total. The minimum absolute atomic E-state index is 0.224. The van der Waals surface area contributed by atoms with Crippen LogP contribution in [0.4, 0.5) is 0 Å². The molecule has 0 aromatic rings. The van der Waals surface area contributed by atoms with Crippen LogP contribution < -0.4 is 0 Å². The maximum atomic E-state index is 11.2.